The standard InChI is InChI=1S/C23H18F7N7O5S/c24-21(25,22(26,27)23(28,29)30)15-4-2-11(8-13(15)17(31)38)32-18(39)14-9-12(37(41)42)3-5-16(14)43-19-33-34-35-36(19)10-20(40)6-1-7-20/h2-5,8-9,40H,1,6-7,10H2,(H2,31,38)(H,32,39). The largest absolute Gasteiger partial charge is 0.460 e. The molecule has 20 heteroatoms. The number of hydrogen-bond donors (Lipinski definition) is 3. The van der Waals surface area contributed by atoms with Crippen LogP contribution in [0.4, 0.5) is 42.1 Å². The third kappa shape index (κ3) is 6.10. The van der Waals surface area contributed by atoms with E-state index in [1.54, 1.807) is 0 Å². The van der Waals surface area contributed by atoms with Crippen LogP contribution in [0.3, 0.4) is 0 Å². The van der Waals surface area contributed by atoms with E-state index in [4.69, 9.17) is 5.73 Å². The molecule has 2 amide bonds. The minimum atomic E-state index is -6.69. The van der Waals surface area contributed by atoms with Crippen LogP contribution < -0.4 is 11.1 Å². The molecule has 0 atom stereocenters. The zero-order chi connectivity index (χ0) is 32.0. The Hall–Kier alpha value is -4.33. The molecule has 12 nitrogen and oxygen atoms in total. The first-order valence-corrected chi connectivity index (χ1v) is 12.7. The summed E-state index contributed by atoms with van der Waals surface area (Å²) in [6.07, 6.45) is -4.92. The molecule has 0 radical (unpaired) electrons. The number of nitro groups is 1. The lowest BCUT2D eigenvalue weighted by Crippen LogP contribution is -2.50. The number of tetrazole rings is 1. The predicted octanol–water partition coefficient (Wildman–Crippen LogP) is 4.29. The van der Waals surface area contributed by atoms with E-state index in [1.165, 1.54) is 10.7 Å². The molecule has 0 unspecified atom stereocenters. The van der Waals surface area contributed by atoms with Crippen molar-refractivity contribution >= 4 is 35.0 Å². The number of non-ortho nitro benzene ring substituents is 1. The van der Waals surface area contributed by atoms with Gasteiger partial charge < -0.3 is 16.2 Å². The number of rotatable bonds is 10. The van der Waals surface area contributed by atoms with Crippen molar-refractivity contribution in [3.05, 3.63) is 63.2 Å². The van der Waals surface area contributed by atoms with Gasteiger partial charge in [-0.25, -0.2) is 4.68 Å². The fourth-order valence-corrected chi connectivity index (χ4v) is 4.91. The number of amides is 2. The number of alkyl halides is 7. The number of benzene rings is 2. The normalized spacial score (nSPS) is 15.1. The number of halogens is 7. The number of aliphatic hydroxyl groups is 1. The molecule has 230 valence electrons. The van der Waals surface area contributed by atoms with Gasteiger partial charge in [0.2, 0.25) is 11.1 Å². The van der Waals surface area contributed by atoms with Crippen LogP contribution in [0.2, 0.25) is 0 Å². The molecule has 0 bridgehead atoms. The van der Waals surface area contributed by atoms with Crippen LogP contribution in [0.1, 0.15) is 45.5 Å². The van der Waals surface area contributed by atoms with Gasteiger partial charge in [0.25, 0.3) is 11.6 Å². The van der Waals surface area contributed by atoms with E-state index in [0.717, 1.165) is 30.3 Å². The van der Waals surface area contributed by atoms with Crippen LogP contribution in [-0.2, 0) is 12.5 Å². The molecule has 1 fully saturated rings. The lowest BCUT2D eigenvalue weighted by molar-refractivity contribution is -0.384. The van der Waals surface area contributed by atoms with Crippen LogP contribution in [0.5, 0.6) is 0 Å². The van der Waals surface area contributed by atoms with E-state index in [9.17, 15) is 55.5 Å². The Morgan fingerprint density at radius 2 is 1.77 bits per heavy atom. The van der Waals surface area contributed by atoms with Gasteiger partial charge in [-0.1, -0.05) is 0 Å². The van der Waals surface area contributed by atoms with Gasteiger partial charge in [-0.3, -0.25) is 19.7 Å². The maximum atomic E-state index is 14.4. The first kappa shape index (κ1) is 31.6. The van der Waals surface area contributed by atoms with Gasteiger partial charge in [-0.05, 0) is 65.7 Å². The molecular weight excluding hydrogens is 619 g/mol. The number of nitrogens with two attached hydrogens (primary N) is 1. The van der Waals surface area contributed by atoms with Gasteiger partial charge in [0.05, 0.1) is 28.2 Å². The average molecular weight is 637 g/mol. The second kappa shape index (κ2) is 11.1. The second-order valence-corrected chi connectivity index (χ2v) is 10.5. The van der Waals surface area contributed by atoms with Crippen LogP contribution in [0.25, 0.3) is 0 Å². The number of carbonyl (C=O) groups excluding carboxylic acids is 2. The number of aromatic nitrogens is 4. The van der Waals surface area contributed by atoms with Crippen molar-refractivity contribution in [3.8, 4) is 0 Å². The van der Waals surface area contributed by atoms with Crippen molar-refractivity contribution in [1.29, 1.82) is 0 Å². The van der Waals surface area contributed by atoms with Gasteiger partial charge in [0.15, 0.2) is 0 Å². The van der Waals surface area contributed by atoms with Crippen molar-refractivity contribution < 1.29 is 50.4 Å². The summed E-state index contributed by atoms with van der Waals surface area (Å²) in [4.78, 5) is 35.5. The molecule has 0 aliphatic heterocycles. The number of carbonyl (C=O) groups is 2. The van der Waals surface area contributed by atoms with Crippen molar-refractivity contribution in [2.75, 3.05) is 5.32 Å². The molecule has 0 spiro atoms. The summed E-state index contributed by atoms with van der Waals surface area (Å²) in [5, 5.41) is 35.1. The van der Waals surface area contributed by atoms with E-state index in [2.05, 4.69) is 20.8 Å². The van der Waals surface area contributed by atoms with Gasteiger partial charge in [0, 0.05) is 28.3 Å². The highest BCUT2D eigenvalue weighted by atomic mass is 32.2. The Morgan fingerprint density at radius 3 is 2.33 bits per heavy atom. The van der Waals surface area contributed by atoms with Crippen LogP contribution in [0.15, 0.2) is 46.5 Å². The monoisotopic (exact) mass is 637 g/mol. The minimum Gasteiger partial charge on any atom is -0.388 e. The molecule has 1 aliphatic rings. The van der Waals surface area contributed by atoms with E-state index < -0.39 is 68.4 Å². The number of hydrogen-bond acceptors (Lipinski definition) is 9. The Kier molecular flexibility index (Phi) is 8.13. The minimum absolute atomic E-state index is 0.0110. The van der Waals surface area contributed by atoms with E-state index in [0.29, 0.717) is 25.0 Å². The van der Waals surface area contributed by atoms with Crippen molar-refractivity contribution in [3.63, 3.8) is 0 Å². The predicted molar refractivity (Wildman–Crippen MR) is 132 cm³/mol. The van der Waals surface area contributed by atoms with E-state index >= 15 is 0 Å². The summed E-state index contributed by atoms with van der Waals surface area (Å²) in [7, 11) is 0. The highest BCUT2D eigenvalue weighted by Crippen LogP contribution is 2.52. The highest BCUT2D eigenvalue weighted by Gasteiger charge is 2.74. The summed E-state index contributed by atoms with van der Waals surface area (Å²) in [5.74, 6) is -15.5. The molecular formula is C23H18F7N7O5S. The average Bonchev–Trinajstić information content (AvgIpc) is 3.32. The second-order valence-electron chi connectivity index (χ2n) is 9.46. The van der Waals surface area contributed by atoms with Gasteiger partial charge in [0.1, 0.15) is 0 Å². The lowest BCUT2D eigenvalue weighted by atomic mass is 9.80. The van der Waals surface area contributed by atoms with Crippen LogP contribution in [-0.4, -0.2) is 59.8 Å². The summed E-state index contributed by atoms with van der Waals surface area (Å²) < 4.78 is 95.3. The first-order valence-electron chi connectivity index (χ1n) is 11.9. The maximum Gasteiger partial charge on any atom is 0.460 e. The molecule has 1 aromatic heterocycles. The fraction of sp³-hybridized carbons (Fsp3) is 0.348. The molecule has 1 saturated carbocycles. The molecule has 4 rings (SSSR count). The molecule has 4 N–H and O–H groups in total. The van der Waals surface area contributed by atoms with Gasteiger partial charge in [-0.15, -0.1) is 5.10 Å². The van der Waals surface area contributed by atoms with Crippen LogP contribution in [0, 0.1) is 10.1 Å². The Bertz CT molecular complexity index is 1590. The van der Waals surface area contributed by atoms with E-state index in [1.807, 2.05) is 0 Å². The molecule has 1 heterocycles. The Labute approximate surface area is 239 Å². The van der Waals surface area contributed by atoms with Crippen molar-refractivity contribution in [2.45, 2.75) is 59.5 Å². The number of anilines is 1. The topological polar surface area (TPSA) is 179 Å². The quantitative estimate of drug-likeness (QED) is 0.166. The number of nitrogens with zero attached hydrogens (tertiary/aromatic N) is 5. The Balaban J connectivity index is 1.67. The summed E-state index contributed by atoms with van der Waals surface area (Å²) >= 11 is 0.770. The number of nitrogens with one attached hydrogen (secondary N) is 1. The number of primary amides is 1. The summed E-state index contributed by atoms with van der Waals surface area (Å²) in [6, 6.07) is 4.01. The molecule has 43 heavy (non-hydrogen) atoms. The third-order valence-electron chi connectivity index (χ3n) is 6.48. The van der Waals surface area contributed by atoms with E-state index in [-0.39, 0.29) is 22.7 Å². The van der Waals surface area contributed by atoms with Crippen molar-refractivity contribution in [2.24, 2.45) is 5.73 Å². The molecule has 0 saturated heterocycles. The molecule has 3 aromatic rings. The summed E-state index contributed by atoms with van der Waals surface area (Å²) in [5.41, 5.74) is -1.08. The zero-order valence-corrected chi connectivity index (χ0v) is 22.1. The lowest BCUT2D eigenvalue weighted by Gasteiger charge is -2.36. The van der Waals surface area contributed by atoms with Gasteiger partial charge in [-0.2, -0.15) is 30.7 Å². The van der Waals surface area contributed by atoms with Crippen LogP contribution >= 0.6 is 11.8 Å². The third-order valence-corrected chi connectivity index (χ3v) is 7.53. The summed E-state index contributed by atoms with van der Waals surface area (Å²) in [6.45, 7) is 0.0110. The van der Waals surface area contributed by atoms with Gasteiger partial charge >= 0.3 is 18.0 Å². The fourth-order valence-electron chi connectivity index (χ4n) is 4.03. The zero-order valence-electron chi connectivity index (χ0n) is 21.2. The Morgan fingerprint density at radius 1 is 1.09 bits per heavy atom. The number of nitro benzene ring substituents is 1. The molecule has 2 aromatic carbocycles. The molecule has 1 aliphatic carbocycles. The maximum absolute atomic E-state index is 14.4. The first-order chi connectivity index (χ1) is 19.9. The SMILES string of the molecule is NC(=O)c1cc(NC(=O)c2cc([N+](=O)[O-])ccc2Sc2nnnn2CC2(O)CCC2)ccc1C(F)(F)C(F)(F)C(F)(F)F. The van der Waals surface area contributed by atoms with Crippen molar-refractivity contribution in [1.82, 2.24) is 20.2 Å². The smallest absolute Gasteiger partial charge is 0.388 e. The highest BCUT2D eigenvalue weighted by molar-refractivity contribution is 7.99.